The van der Waals surface area contributed by atoms with E-state index in [-0.39, 0.29) is 23.8 Å². The summed E-state index contributed by atoms with van der Waals surface area (Å²) in [6, 6.07) is 27.0. The van der Waals surface area contributed by atoms with Gasteiger partial charge in [-0.15, -0.1) is 0 Å². The second kappa shape index (κ2) is 8.54. The minimum absolute atomic E-state index is 0.0563. The van der Waals surface area contributed by atoms with E-state index in [4.69, 9.17) is 0 Å². The van der Waals surface area contributed by atoms with Crippen LogP contribution in [0.5, 0.6) is 0 Å². The number of nitrogens with one attached hydrogen (secondary N) is 1. The fourth-order valence-corrected chi connectivity index (χ4v) is 3.88. The lowest BCUT2D eigenvalue weighted by Gasteiger charge is -2.26. The fraction of sp³-hybridized carbons (Fsp3) is 0.231. The highest BCUT2D eigenvalue weighted by Crippen LogP contribution is 2.48. The van der Waals surface area contributed by atoms with Crippen LogP contribution in [0.25, 0.3) is 0 Å². The Kier molecular flexibility index (Phi) is 5.66. The highest BCUT2D eigenvalue weighted by molar-refractivity contribution is 6.04. The molecule has 1 fully saturated rings. The van der Waals surface area contributed by atoms with Crippen molar-refractivity contribution in [2.45, 2.75) is 25.3 Å². The van der Waals surface area contributed by atoms with Crippen LogP contribution in [0.3, 0.4) is 0 Å². The Morgan fingerprint density at radius 3 is 2.30 bits per heavy atom. The standard InChI is InChI=1S/C26H26N2O2/c1-18(28(2)26(30)24-17-23(24)19-10-5-3-6-11-19)21-14-9-15-22(16-21)27-25(29)20-12-7-4-8-13-20/h3-16,18,23-24H,17H2,1-2H3,(H,27,29)/t18-,23-,24-/m1/s1. The van der Waals surface area contributed by atoms with Gasteiger partial charge in [-0.3, -0.25) is 9.59 Å². The molecule has 1 aliphatic carbocycles. The van der Waals surface area contributed by atoms with Crippen LogP contribution in [-0.2, 0) is 4.79 Å². The van der Waals surface area contributed by atoms with E-state index in [0.29, 0.717) is 11.5 Å². The number of hydrogen-bond donors (Lipinski definition) is 1. The van der Waals surface area contributed by atoms with Gasteiger partial charge in [0, 0.05) is 24.2 Å². The van der Waals surface area contributed by atoms with Gasteiger partial charge in [0.05, 0.1) is 6.04 Å². The van der Waals surface area contributed by atoms with E-state index in [2.05, 4.69) is 17.4 Å². The third kappa shape index (κ3) is 4.28. The Labute approximate surface area is 177 Å². The van der Waals surface area contributed by atoms with Gasteiger partial charge >= 0.3 is 0 Å². The number of anilines is 1. The van der Waals surface area contributed by atoms with Gasteiger partial charge in [-0.25, -0.2) is 0 Å². The van der Waals surface area contributed by atoms with E-state index >= 15 is 0 Å². The van der Waals surface area contributed by atoms with E-state index in [0.717, 1.165) is 17.7 Å². The lowest BCUT2D eigenvalue weighted by Crippen LogP contribution is -2.31. The Balaban J connectivity index is 1.42. The van der Waals surface area contributed by atoms with Crippen LogP contribution in [-0.4, -0.2) is 23.8 Å². The van der Waals surface area contributed by atoms with Crippen molar-refractivity contribution < 1.29 is 9.59 Å². The molecular formula is C26H26N2O2. The summed E-state index contributed by atoms with van der Waals surface area (Å²) < 4.78 is 0. The Bertz CT molecular complexity index is 1030. The number of amides is 2. The van der Waals surface area contributed by atoms with Crippen molar-refractivity contribution in [1.82, 2.24) is 4.90 Å². The smallest absolute Gasteiger partial charge is 0.255 e. The van der Waals surface area contributed by atoms with Crippen LogP contribution in [0.15, 0.2) is 84.9 Å². The number of carbonyl (C=O) groups is 2. The van der Waals surface area contributed by atoms with Gasteiger partial charge in [0.15, 0.2) is 0 Å². The molecule has 3 aromatic carbocycles. The predicted molar refractivity (Wildman–Crippen MR) is 119 cm³/mol. The third-order valence-corrected chi connectivity index (χ3v) is 5.93. The van der Waals surface area contributed by atoms with Crippen molar-refractivity contribution in [3.8, 4) is 0 Å². The van der Waals surface area contributed by atoms with Crippen molar-refractivity contribution in [3.05, 3.63) is 102 Å². The van der Waals surface area contributed by atoms with Gasteiger partial charge in [0.2, 0.25) is 5.91 Å². The average Bonchev–Trinajstić information content (AvgIpc) is 3.60. The van der Waals surface area contributed by atoms with Crippen LogP contribution in [0.4, 0.5) is 5.69 Å². The second-order valence-corrected chi connectivity index (χ2v) is 7.93. The fourth-order valence-electron chi connectivity index (χ4n) is 3.88. The Morgan fingerprint density at radius 1 is 0.933 bits per heavy atom. The molecule has 0 spiro atoms. The minimum atomic E-state index is -0.145. The summed E-state index contributed by atoms with van der Waals surface area (Å²) in [5.41, 5.74) is 3.57. The molecule has 30 heavy (non-hydrogen) atoms. The molecule has 1 aliphatic rings. The molecule has 4 heteroatoms. The zero-order chi connectivity index (χ0) is 21.1. The Morgan fingerprint density at radius 2 is 1.60 bits per heavy atom. The summed E-state index contributed by atoms with van der Waals surface area (Å²) in [6.07, 6.45) is 0.910. The van der Waals surface area contributed by atoms with E-state index < -0.39 is 0 Å². The summed E-state index contributed by atoms with van der Waals surface area (Å²) in [5.74, 6) is 0.411. The maximum atomic E-state index is 13.0. The first-order chi connectivity index (χ1) is 14.5. The lowest BCUT2D eigenvalue weighted by atomic mass is 10.0. The first kappa shape index (κ1) is 19.9. The first-order valence-electron chi connectivity index (χ1n) is 10.3. The maximum absolute atomic E-state index is 13.0. The molecule has 0 aliphatic heterocycles. The Hall–Kier alpha value is -3.40. The molecule has 0 unspecified atom stereocenters. The molecule has 4 rings (SSSR count). The molecule has 4 nitrogen and oxygen atoms in total. The second-order valence-electron chi connectivity index (χ2n) is 7.93. The van der Waals surface area contributed by atoms with Crippen LogP contribution < -0.4 is 5.32 Å². The van der Waals surface area contributed by atoms with E-state index in [9.17, 15) is 9.59 Å². The minimum Gasteiger partial charge on any atom is -0.339 e. The topological polar surface area (TPSA) is 49.4 Å². The molecule has 1 N–H and O–H groups in total. The number of carbonyl (C=O) groups excluding carboxylic acids is 2. The highest BCUT2D eigenvalue weighted by atomic mass is 16.2. The summed E-state index contributed by atoms with van der Waals surface area (Å²) in [5, 5.41) is 2.94. The lowest BCUT2D eigenvalue weighted by molar-refractivity contribution is -0.133. The van der Waals surface area contributed by atoms with Crippen molar-refractivity contribution in [2.24, 2.45) is 5.92 Å². The predicted octanol–water partition coefficient (Wildman–Crippen LogP) is 5.26. The van der Waals surface area contributed by atoms with Gasteiger partial charge in [-0.05, 0) is 54.7 Å². The highest BCUT2D eigenvalue weighted by Gasteiger charge is 2.45. The molecule has 3 aromatic rings. The summed E-state index contributed by atoms with van der Waals surface area (Å²) in [4.78, 5) is 27.3. The van der Waals surface area contributed by atoms with Crippen molar-refractivity contribution in [1.29, 1.82) is 0 Å². The van der Waals surface area contributed by atoms with Gasteiger partial charge < -0.3 is 10.2 Å². The van der Waals surface area contributed by atoms with Crippen LogP contribution in [0.2, 0.25) is 0 Å². The quantitative estimate of drug-likeness (QED) is 0.616. The molecule has 0 heterocycles. The molecule has 152 valence electrons. The molecule has 2 amide bonds. The summed E-state index contributed by atoms with van der Waals surface area (Å²) >= 11 is 0. The van der Waals surface area contributed by atoms with Crippen LogP contribution in [0, 0.1) is 5.92 Å². The van der Waals surface area contributed by atoms with Crippen molar-refractivity contribution >= 4 is 17.5 Å². The zero-order valence-electron chi connectivity index (χ0n) is 17.3. The molecule has 1 saturated carbocycles. The number of hydrogen-bond acceptors (Lipinski definition) is 2. The monoisotopic (exact) mass is 398 g/mol. The third-order valence-electron chi connectivity index (χ3n) is 5.93. The number of rotatable bonds is 6. The normalized spacial score (nSPS) is 18.3. The van der Waals surface area contributed by atoms with E-state index in [1.54, 1.807) is 12.1 Å². The number of benzene rings is 3. The average molecular weight is 399 g/mol. The van der Waals surface area contributed by atoms with E-state index in [1.807, 2.05) is 79.5 Å². The van der Waals surface area contributed by atoms with Gasteiger partial charge in [0.25, 0.3) is 5.91 Å². The van der Waals surface area contributed by atoms with Crippen molar-refractivity contribution in [2.75, 3.05) is 12.4 Å². The van der Waals surface area contributed by atoms with Crippen LogP contribution >= 0.6 is 0 Å². The molecule has 0 bridgehead atoms. The zero-order valence-corrected chi connectivity index (χ0v) is 17.3. The molecule has 0 radical (unpaired) electrons. The van der Waals surface area contributed by atoms with Gasteiger partial charge in [-0.1, -0.05) is 60.7 Å². The molecular weight excluding hydrogens is 372 g/mol. The summed E-state index contributed by atoms with van der Waals surface area (Å²) in [6.45, 7) is 2.02. The largest absolute Gasteiger partial charge is 0.339 e. The maximum Gasteiger partial charge on any atom is 0.255 e. The molecule has 3 atom stereocenters. The van der Waals surface area contributed by atoms with E-state index in [1.165, 1.54) is 5.56 Å². The van der Waals surface area contributed by atoms with Crippen LogP contribution in [0.1, 0.15) is 46.8 Å². The SMILES string of the molecule is C[C@H](c1cccc(NC(=O)c2ccccc2)c1)N(C)C(=O)[C@@H]1C[C@@H]1c1ccccc1. The number of nitrogens with zero attached hydrogens (tertiary/aromatic N) is 1. The summed E-state index contributed by atoms with van der Waals surface area (Å²) in [7, 11) is 1.86. The van der Waals surface area contributed by atoms with Crippen molar-refractivity contribution in [3.63, 3.8) is 0 Å². The first-order valence-corrected chi connectivity index (χ1v) is 10.3. The molecule has 0 aromatic heterocycles. The van der Waals surface area contributed by atoms with Gasteiger partial charge in [-0.2, -0.15) is 0 Å². The van der Waals surface area contributed by atoms with Gasteiger partial charge in [0.1, 0.15) is 0 Å². The molecule has 0 saturated heterocycles.